The minimum atomic E-state index is -4.80. The molecule has 27 heavy (non-hydrogen) atoms. The summed E-state index contributed by atoms with van der Waals surface area (Å²) in [5.41, 5.74) is -0.0691. The fourth-order valence-corrected chi connectivity index (χ4v) is 4.26. The third kappa shape index (κ3) is 4.00. The summed E-state index contributed by atoms with van der Waals surface area (Å²) < 4.78 is 72.6. The second kappa shape index (κ2) is 7.11. The van der Waals surface area contributed by atoms with Gasteiger partial charge in [-0.1, -0.05) is 29.8 Å². The van der Waals surface area contributed by atoms with E-state index in [1.807, 2.05) is 6.92 Å². The number of rotatable bonds is 5. The van der Waals surface area contributed by atoms with Crippen LogP contribution in [0.15, 0.2) is 76.2 Å². The quantitative estimate of drug-likeness (QED) is 0.611. The molecule has 2 aromatic carbocycles. The summed E-state index contributed by atoms with van der Waals surface area (Å²) in [6, 6.07) is 13.8. The Morgan fingerprint density at radius 3 is 2.22 bits per heavy atom. The topological polar surface area (TPSA) is 50.5 Å². The molecule has 1 heterocycles. The van der Waals surface area contributed by atoms with Gasteiger partial charge in [0.25, 0.3) is 10.0 Å². The second-order valence-corrected chi connectivity index (χ2v) is 7.75. The first-order chi connectivity index (χ1) is 12.7. The van der Waals surface area contributed by atoms with Gasteiger partial charge < -0.3 is 4.42 Å². The minimum Gasteiger partial charge on any atom is -0.467 e. The largest absolute Gasteiger partial charge is 0.467 e. The molecule has 1 aromatic heterocycles. The van der Waals surface area contributed by atoms with Crippen molar-refractivity contribution < 1.29 is 26.0 Å². The van der Waals surface area contributed by atoms with Crippen LogP contribution in [0.2, 0.25) is 0 Å². The minimum absolute atomic E-state index is 0.232. The summed E-state index contributed by atoms with van der Waals surface area (Å²) >= 11 is 0. The van der Waals surface area contributed by atoms with Gasteiger partial charge in [0.1, 0.15) is 5.76 Å². The summed E-state index contributed by atoms with van der Waals surface area (Å²) in [6.07, 6.45) is -3.42. The van der Waals surface area contributed by atoms with Crippen LogP contribution in [-0.2, 0) is 22.7 Å². The zero-order valence-corrected chi connectivity index (χ0v) is 15.1. The highest BCUT2D eigenvalue weighted by molar-refractivity contribution is 7.92. The van der Waals surface area contributed by atoms with E-state index in [-0.39, 0.29) is 12.2 Å². The molecule has 0 amide bonds. The van der Waals surface area contributed by atoms with Crippen molar-refractivity contribution in [3.63, 3.8) is 0 Å². The molecular formula is C19H16F3NO3S. The highest BCUT2D eigenvalue weighted by atomic mass is 32.2. The monoisotopic (exact) mass is 395 g/mol. The van der Waals surface area contributed by atoms with Crippen LogP contribution in [0.4, 0.5) is 18.9 Å². The van der Waals surface area contributed by atoms with Crippen molar-refractivity contribution in [3.05, 3.63) is 83.8 Å². The third-order valence-corrected chi connectivity index (χ3v) is 5.79. The van der Waals surface area contributed by atoms with Crippen LogP contribution in [0, 0.1) is 6.92 Å². The van der Waals surface area contributed by atoms with Gasteiger partial charge in [0.15, 0.2) is 0 Å². The lowest BCUT2D eigenvalue weighted by molar-refractivity contribution is -0.139. The van der Waals surface area contributed by atoms with Crippen LogP contribution in [0.5, 0.6) is 0 Å². The number of benzene rings is 2. The zero-order valence-electron chi connectivity index (χ0n) is 14.3. The van der Waals surface area contributed by atoms with E-state index in [2.05, 4.69) is 0 Å². The highest BCUT2D eigenvalue weighted by Gasteiger charge is 2.39. The molecule has 0 unspecified atom stereocenters. The number of hydrogen-bond donors (Lipinski definition) is 0. The summed E-state index contributed by atoms with van der Waals surface area (Å²) in [7, 11) is -4.50. The predicted octanol–water partition coefficient (Wildman–Crippen LogP) is 5.00. The van der Waals surface area contributed by atoms with Gasteiger partial charge in [-0.25, -0.2) is 8.42 Å². The maximum Gasteiger partial charge on any atom is 0.417 e. The van der Waals surface area contributed by atoms with Crippen LogP contribution < -0.4 is 4.31 Å². The van der Waals surface area contributed by atoms with Crippen molar-refractivity contribution >= 4 is 15.7 Å². The van der Waals surface area contributed by atoms with Gasteiger partial charge >= 0.3 is 6.18 Å². The molecule has 0 spiro atoms. The maximum atomic E-state index is 13.4. The number of anilines is 1. The van der Waals surface area contributed by atoms with E-state index in [1.54, 1.807) is 36.4 Å². The number of aryl methyl sites for hydroxylation is 1. The van der Waals surface area contributed by atoms with E-state index in [9.17, 15) is 21.6 Å². The van der Waals surface area contributed by atoms with Gasteiger partial charge in [-0.15, -0.1) is 0 Å². The molecule has 142 valence electrons. The Bertz CT molecular complexity index is 1010. The number of furan rings is 1. The molecule has 0 atom stereocenters. The third-order valence-electron chi connectivity index (χ3n) is 3.96. The summed E-state index contributed by atoms with van der Waals surface area (Å²) in [4.78, 5) is -0.801. The lowest BCUT2D eigenvalue weighted by atomic mass is 10.2. The Morgan fingerprint density at radius 1 is 0.963 bits per heavy atom. The van der Waals surface area contributed by atoms with Gasteiger partial charge in [-0.3, -0.25) is 4.31 Å². The molecule has 0 saturated heterocycles. The lowest BCUT2D eigenvalue weighted by Gasteiger charge is -2.25. The van der Waals surface area contributed by atoms with Crippen LogP contribution in [0.25, 0.3) is 0 Å². The van der Waals surface area contributed by atoms with Gasteiger partial charge in [-0.05, 0) is 43.3 Å². The smallest absolute Gasteiger partial charge is 0.417 e. The Morgan fingerprint density at radius 2 is 1.63 bits per heavy atom. The van der Waals surface area contributed by atoms with Gasteiger partial charge in [0.05, 0.1) is 29.0 Å². The van der Waals surface area contributed by atoms with E-state index >= 15 is 0 Å². The predicted molar refractivity (Wildman–Crippen MR) is 94.7 cm³/mol. The first-order valence-corrected chi connectivity index (χ1v) is 9.41. The summed E-state index contributed by atoms with van der Waals surface area (Å²) in [5, 5.41) is 0. The van der Waals surface area contributed by atoms with Crippen LogP contribution in [-0.4, -0.2) is 8.42 Å². The van der Waals surface area contributed by atoms with Crippen molar-refractivity contribution in [2.75, 3.05) is 4.31 Å². The van der Waals surface area contributed by atoms with Crippen molar-refractivity contribution in [2.45, 2.75) is 24.5 Å². The first-order valence-electron chi connectivity index (χ1n) is 7.97. The number of hydrogen-bond acceptors (Lipinski definition) is 3. The lowest BCUT2D eigenvalue weighted by Crippen LogP contribution is -2.32. The fraction of sp³-hybridized carbons (Fsp3) is 0.158. The summed E-state index contributed by atoms with van der Waals surface area (Å²) in [5.74, 6) is 0.309. The van der Waals surface area contributed by atoms with E-state index in [0.717, 1.165) is 28.1 Å². The first kappa shape index (κ1) is 19.0. The molecule has 0 N–H and O–H groups in total. The van der Waals surface area contributed by atoms with Crippen LogP contribution >= 0.6 is 0 Å². The Balaban J connectivity index is 2.15. The maximum absolute atomic E-state index is 13.4. The van der Waals surface area contributed by atoms with E-state index in [4.69, 9.17) is 4.42 Å². The highest BCUT2D eigenvalue weighted by Crippen LogP contribution is 2.36. The van der Waals surface area contributed by atoms with Crippen molar-refractivity contribution in [3.8, 4) is 0 Å². The Hall–Kier alpha value is -2.74. The zero-order chi connectivity index (χ0) is 19.7. The van der Waals surface area contributed by atoms with Gasteiger partial charge in [-0.2, -0.15) is 13.2 Å². The number of sulfonamides is 1. The molecule has 0 fully saturated rings. The molecule has 0 saturated carbocycles. The fourth-order valence-electron chi connectivity index (χ4n) is 2.61. The van der Waals surface area contributed by atoms with E-state index < -0.39 is 26.7 Å². The number of alkyl halides is 3. The Labute approximate surface area is 154 Å². The normalized spacial score (nSPS) is 12.1. The average molecular weight is 395 g/mol. The molecule has 0 aliphatic heterocycles. The standard InChI is InChI=1S/C19H16F3NO3S/c1-14-8-10-15(11-9-14)23(13-16-5-4-12-26-16)27(24,25)18-7-3-2-6-17(18)19(20,21)22/h2-12H,13H2,1H3. The SMILES string of the molecule is Cc1ccc(N(Cc2ccco2)S(=O)(=O)c2ccccc2C(F)(F)F)cc1. The summed E-state index contributed by atoms with van der Waals surface area (Å²) in [6.45, 7) is 1.60. The van der Waals surface area contributed by atoms with Gasteiger partial charge in [0, 0.05) is 0 Å². The number of halogens is 3. The number of nitrogens with zero attached hydrogens (tertiary/aromatic N) is 1. The molecule has 0 aliphatic carbocycles. The Kier molecular flexibility index (Phi) is 5.01. The molecular weight excluding hydrogens is 379 g/mol. The second-order valence-electron chi connectivity index (χ2n) is 5.92. The van der Waals surface area contributed by atoms with E-state index in [0.29, 0.717) is 5.76 Å². The molecule has 3 rings (SSSR count). The molecule has 3 aromatic rings. The molecule has 8 heteroatoms. The molecule has 0 radical (unpaired) electrons. The molecule has 4 nitrogen and oxygen atoms in total. The van der Waals surface area contributed by atoms with Crippen LogP contribution in [0.3, 0.4) is 0 Å². The van der Waals surface area contributed by atoms with Crippen molar-refractivity contribution in [1.82, 2.24) is 0 Å². The average Bonchev–Trinajstić information content (AvgIpc) is 3.13. The van der Waals surface area contributed by atoms with Gasteiger partial charge in [0.2, 0.25) is 0 Å². The van der Waals surface area contributed by atoms with Crippen molar-refractivity contribution in [1.29, 1.82) is 0 Å². The van der Waals surface area contributed by atoms with Crippen LogP contribution in [0.1, 0.15) is 16.9 Å². The van der Waals surface area contributed by atoms with E-state index in [1.165, 1.54) is 12.3 Å². The molecule has 0 bridgehead atoms. The van der Waals surface area contributed by atoms with Crippen molar-refractivity contribution in [2.24, 2.45) is 0 Å². The molecule has 0 aliphatic rings.